The lowest BCUT2D eigenvalue weighted by atomic mass is 9.98. The van der Waals surface area contributed by atoms with Gasteiger partial charge in [-0.3, -0.25) is 14.6 Å². The number of nitrogens with one attached hydrogen (secondary N) is 1. The van der Waals surface area contributed by atoms with Crippen LogP contribution >= 0.6 is 0 Å². The summed E-state index contributed by atoms with van der Waals surface area (Å²) in [5, 5.41) is 21.8. The third-order valence-electron chi connectivity index (χ3n) is 6.03. The SMILES string of the molecule is CC(C#N)(NC(=O)CN1CCCC1CN1CCCC1CO)C1CC1. The number of nitrogens with zero attached hydrogens (tertiary/aromatic N) is 3. The minimum Gasteiger partial charge on any atom is -0.395 e. The van der Waals surface area contributed by atoms with Crippen LogP contribution in [0.4, 0.5) is 0 Å². The summed E-state index contributed by atoms with van der Waals surface area (Å²) in [6.07, 6.45) is 6.53. The topological polar surface area (TPSA) is 79.6 Å². The van der Waals surface area contributed by atoms with E-state index in [-0.39, 0.29) is 18.6 Å². The molecule has 24 heavy (non-hydrogen) atoms. The second-order valence-corrected chi connectivity index (χ2v) is 7.88. The molecule has 0 spiro atoms. The van der Waals surface area contributed by atoms with Crippen molar-refractivity contribution in [1.82, 2.24) is 15.1 Å². The summed E-state index contributed by atoms with van der Waals surface area (Å²) < 4.78 is 0. The predicted molar refractivity (Wildman–Crippen MR) is 91.2 cm³/mol. The normalized spacial score (nSPS) is 30.9. The number of amides is 1. The van der Waals surface area contributed by atoms with E-state index >= 15 is 0 Å². The van der Waals surface area contributed by atoms with Crippen LogP contribution in [0.3, 0.4) is 0 Å². The third-order valence-corrected chi connectivity index (χ3v) is 6.03. The molecule has 2 heterocycles. The maximum Gasteiger partial charge on any atom is 0.235 e. The molecule has 0 aromatic carbocycles. The molecule has 6 nitrogen and oxygen atoms in total. The summed E-state index contributed by atoms with van der Waals surface area (Å²) in [5.41, 5.74) is -0.705. The smallest absolute Gasteiger partial charge is 0.235 e. The molecule has 2 N–H and O–H groups in total. The molecule has 3 unspecified atom stereocenters. The summed E-state index contributed by atoms with van der Waals surface area (Å²) in [6, 6.07) is 2.97. The maximum atomic E-state index is 12.5. The van der Waals surface area contributed by atoms with Crippen LogP contribution < -0.4 is 5.32 Å². The molecule has 3 atom stereocenters. The highest BCUT2D eigenvalue weighted by Gasteiger charge is 2.43. The van der Waals surface area contributed by atoms with Crippen molar-refractivity contribution in [2.45, 2.75) is 63.1 Å². The van der Waals surface area contributed by atoms with Crippen LogP contribution in [0.2, 0.25) is 0 Å². The van der Waals surface area contributed by atoms with Gasteiger partial charge in [0.2, 0.25) is 5.91 Å². The van der Waals surface area contributed by atoms with Crippen LogP contribution in [0, 0.1) is 17.2 Å². The number of nitriles is 1. The Balaban J connectivity index is 1.52. The molecule has 3 fully saturated rings. The van der Waals surface area contributed by atoms with Crippen LogP contribution in [-0.2, 0) is 4.79 Å². The van der Waals surface area contributed by atoms with Crippen molar-refractivity contribution in [3.8, 4) is 6.07 Å². The fraction of sp³-hybridized carbons (Fsp3) is 0.889. The van der Waals surface area contributed by atoms with Crippen LogP contribution in [0.15, 0.2) is 0 Å². The Morgan fingerprint density at radius 3 is 2.50 bits per heavy atom. The van der Waals surface area contributed by atoms with Gasteiger partial charge in [0, 0.05) is 18.6 Å². The first-order valence-corrected chi connectivity index (χ1v) is 9.37. The van der Waals surface area contributed by atoms with Gasteiger partial charge in [0.1, 0.15) is 5.54 Å². The molecule has 0 aromatic rings. The highest BCUT2D eigenvalue weighted by Crippen LogP contribution is 2.39. The zero-order valence-corrected chi connectivity index (χ0v) is 14.7. The molecule has 3 aliphatic rings. The zero-order chi connectivity index (χ0) is 17.2. The van der Waals surface area contributed by atoms with Crippen LogP contribution in [0.25, 0.3) is 0 Å². The van der Waals surface area contributed by atoms with Gasteiger partial charge < -0.3 is 10.4 Å². The molecule has 2 saturated heterocycles. The fourth-order valence-corrected chi connectivity index (χ4v) is 4.32. The number of aliphatic hydroxyl groups is 1. The van der Waals surface area contributed by atoms with Gasteiger partial charge >= 0.3 is 0 Å². The van der Waals surface area contributed by atoms with Gasteiger partial charge in [-0.2, -0.15) is 5.26 Å². The van der Waals surface area contributed by atoms with E-state index in [2.05, 4.69) is 21.2 Å². The van der Waals surface area contributed by atoms with Crippen molar-refractivity contribution in [2.24, 2.45) is 5.92 Å². The Kier molecular flexibility index (Phi) is 5.43. The molecule has 1 amide bonds. The lowest BCUT2D eigenvalue weighted by Crippen LogP contribution is -2.52. The van der Waals surface area contributed by atoms with Crippen molar-refractivity contribution in [3.63, 3.8) is 0 Å². The number of carbonyl (C=O) groups is 1. The molecule has 0 aromatic heterocycles. The number of likely N-dealkylation sites (tertiary alicyclic amines) is 2. The van der Waals surface area contributed by atoms with Crippen molar-refractivity contribution < 1.29 is 9.90 Å². The van der Waals surface area contributed by atoms with Crippen LogP contribution in [-0.4, -0.2) is 71.2 Å². The van der Waals surface area contributed by atoms with Crippen molar-refractivity contribution in [1.29, 1.82) is 5.26 Å². The summed E-state index contributed by atoms with van der Waals surface area (Å²) in [7, 11) is 0. The summed E-state index contributed by atoms with van der Waals surface area (Å²) in [5.74, 6) is 0.286. The lowest BCUT2D eigenvalue weighted by molar-refractivity contribution is -0.124. The van der Waals surface area contributed by atoms with Crippen LogP contribution in [0.5, 0.6) is 0 Å². The second-order valence-electron chi connectivity index (χ2n) is 7.88. The number of rotatable bonds is 7. The predicted octanol–water partition coefficient (Wildman–Crippen LogP) is 0.716. The van der Waals surface area contributed by atoms with E-state index in [1.165, 1.54) is 0 Å². The largest absolute Gasteiger partial charge is 0.395 e. The summed E-state index contributed by atoms with van der Waals surface area (Å²) >= 11 is 0. The van der Waals surface area contributed by atoms with E-state index in [9.17, 15) is 15.2 Å². The minimum absolute atomic E-state index is 0.0296. The van der Waals surface area contributed by atoms with E-state index in [1.807, 2.05) is 6.92 Å². The van der Waals surface area contributed by atoms with Gasteiger partial charge in [0.05, 0.1) is 19.2 Å². The molecule has 1 aliphatic carbocycles. The molecule has 0 bridgehead atoms. The molecule has 134 valence electrons. The Labute approximate surface area is 144 Å². The maximum absolute atomic E-state index is 12.5. The highest BCUT2D eigenvalue weighted by atomic mass is 16.3. The molecule has 2 aliphatic heterocycles. The van der Waals surface area contributed by atoms with Gasteiger partial charge in [0.15, 0.2) is 0 Å². The fourth-order valence-electron chi connectivity index (χ4n) is 4.32. The van der Waals surface area contributed by atoms with Crippen LogP contribution in [0.1, 0.15) is 45.4 Å². The summed E-state index contributed by atoms with van der Waals surface area (Å²) in [6.45, 7) is 5.40. The minimum atomic E-state index is -0.705. The average molecular weight is 334 g/mol. The Hall–Kier alpha value is -1.16. The summed E-state index contributed by atoms with van der Waals surface area (Å²) in [4.78, 5) is 17.1. The van der Waals surface area contributed by atoms with E-state index in [0.717, 1.165) is 58.2 Å². The Morgan fingerprint density at radius 1 is 1.21 bits per heavy atom. The lowest BCUT2D eigenvalue weighted by Gasteiger charge is -2.31. The molecule has 6 heteroatoms. The van der Waals surface area contributed by atoms with Crippen molar-refractivity contribution >= 4 is 5.91 Å². The van der Waals surface area contributed by atoms with Gasteiger partial charge in [-0.15, -0.1) is 0 Å². The van der Waals surface area contributed by atoms with Crippen molar-refractivity contribution in [3.05, 3.63) is 0 Å². The van der Waals surface area contributed by atoms with E-state index in [4.69, 9.17) is 0 Å². The first kappa shape index (κ1) is 17.7. The van der Waals surface area contributed by atoms with Gasteiger partial charge in [0.25, 0.3) is 0 Å². The number of hydrogen-bond acceptors (Lipinski definition) is 5. The highest BCUT2D eigenvalue weighted by molar-refractivity contribution is 5.79. The van der Waals surface area contributed by atoms with Gasteiger partial charge in [-0.25, -0.2) is 0 Å². The van der Waals surface area contributed by atoms with Gasteiger partial charge in [-0.1, -0.05) is 0 Å². The number of aliphatic hydroxyl groups excluding tert-OH is 1. The molecule has 0 radical (unpaired) electrons. The zero-order valence-electron chi connectivity index (χ0n) is 14.7. The quantitative estimate of drug-likeness (QED) is 0.717. The Bertz CT molecular complexity index is 502. The van der Waals surface area contributed by atoms with Gasteiger partial charge in [-0.05, 0) is 64.5 Å². The molecular weight excluding hydrogens is 304 g/mol. The molecule has 1 saturated carbocycles. The second kappa shape index (κ2) is 7.38. The first-order valence-electron chi connectivity index (χ1n) is 9.37. The van der Waals surface area contributed by atoms with E-state index < -0.39 is 5.54 Å². The van der Waals surface area contributed by atoms with E-state index in [1.54, 1.807) is 0 Å². The molecule has 3 rings (SSSR count). The average Bonchev–Trinajstić information content (AvgIpc) is 3.21. The van der Waals surface area contributed by atoms with Crippen molar-refractivity contribution in [2.75, 3.05) is 32.8 Å². The standard InChI is InChI=1S/C18H30N4O2/c1-18(13-19,14-6-7-14)20-17(24)11-22-9-2-4-15(22)10-21-8-3-5-16(21)12-23/h14-16,23H,2-12H2,1H3,(H,20,24). The third kappa shape index (κ3) is 3.90. The number of carbonyl (C=O) groups excluding carboxylic acids is 1. The monoisotopic (exact) mass is 334 g/mol. The molecular formula is C18H30N4O2. The number of hydrogen-bond donors (Lipinski definition) is 2. The Morgan fingerprint density at radius 2 is 1.88 bits per heavy atom. The van der Waals surface area contributed by atoms with E-state index in [0.29, 0.717) is 18.5 Å². The first-order chi connectivity index (χ1) is 11.6.